The van der Waals surface area contributed by atoms with Crippen LogP contribution in [0.2, 0.25) is 0 Å². The fourth-order valence-electron chi connectivity index (χ4n) is 3.81. The maximum atomic E-state index is 13.9. The molecule has 1 amide bonds. The third-order valence-corrected chi connectivity index (χ3v) is 5.10. The smallest absolute Gasteiger partial charge is 0.254 e. The highest BCUT2D eigenvalue weighted by atomic mass is 19.1. The Morgan fingerprint density at radius 3 is 2.79 bits per heavy atom. The average molecular weight is 336 g/mol. The summed E-state index contributed by atoms with van der Waals surface area (Å²) in [4.78, 5) is 17.1. The molecule has 4 rings (SSSR count). The molecule has 0 spiro atoms. The predicted molar refractivity (Wildman–Crippen MR) is 88.8 cm³/mol. The molecule has 1 aromatic rings. The summed E-state index contributed by atoms with van der Waals surface area (Å²) in [6, 6.07) is 4.79. The molecule has 132 valence electrons. The molecule has 1 aromatic carbocycles. The standard InChI is InChI=1S/C18H25FN2O3/c1-23-8-7-20-10-13-3-5-15(20)12-21(11-13)18(22)14-4-6-17(24-2)16(19)9-14/h4,6,9,13,15H,3,5,7-8,10-12H2,1-2H3/t13-,15-/m0/s1. The van der Waals surface area contributed by atoms with Crippen LogP contribution in [0.4, 0.5) is 4.39 Å². The van der Waals surface area contributed by atoms with Crippen molar-refractivity contribution in [3.63, 3.8) is 0 Å². The molecule has 6 heteroatoms. The van der Waals surface area contributed by atoms with Gasteiger partial charge in [-0.2, -0.15) is 0 Å². The van der Waals surface area contributed by atoms with Gasteiger partial charge in [-0.15, -0.1) is 0 Å². The van der Waals surface area contributed by atoms with E-state index in [1.807, 2.05) is 4.90 Å². The number of benzene rings is 1. The Morgan fingerprint density at radius 2 is 2.08 bits per heavy atom. The monoisotopic (exact) mass is 336 g/mol. The molecule has 2 bridgehead atoms. The van der Waals surface area contributed by atoms with Gasteiger partial charge in [-0.05, 0) is 37.0 Å². The van der Waals surface area contributed by atoms with Crippen LogP contribution in [0, 0.1) is 11.7 Å². The van der Waals surface area contributed by atoms with Gasteiger partial charge in [0.1, 0.15) is 0 Å². The molecule has 3 heterocycles. The first-order valence-electron chi connectivity index (χ1n) is 8.48. The van der Waals surface area contributed by atoms with Crippen molar-refractivity contribution in [2.24, 2.45) is 5.92 Å². The largest absolute Gasteiger partial charge is 0.494 e. The zero-order valence-electron chi connectivity index (χ0n) is 14.3. The van der Waals surface area contributed by atoms with Gasteiger partial charge in [0.05, 0.1) is 13.7 Å². The Hall–Kier alpha value is -1.66. The zero-order valence-corrected chi connectivity index (χ0v) is 14.3. The van der Waals surface area contributed by atoms with E-state index in [0.29, 0.717) is 30.7 Å². The minimum absolute atomic E-state index is 0.0953. The van der Waals surface area contributed by atoms with Crippen LogP contribution in [0.5, 0.6) is 5.75 Å². The molecule has 3 saturated heterocycles. The number of hydrogen-bond acceptors (Lipinski definition) is 4. The van der Waals surface area contributed by atoms with Crippen molar-refractivity contribution in [3.8, 4) is 5.75 Å². The predicted octanol–water partition coefficient (Wildman–Crippen LogP) is 2.02. The van der Waals surface area contributed by atoms with Crippen LogP contribution in [0.25, 0.3) is 0 Å². The first-order chi connectivity index (χ1) is 11.6. The normalized spacial score (nSPS) is 24.0. The summed E-state index contributed by atoms with van der Waals surface area (Å²) in [6.07, 6.45) is 2.25. The number of hydrogen-bond donors (Lipinski definition) is 0. The van der Waals surface area contributed by atoms with Gasteiger partial charge in [0.2, 0.25) is 0 Å². The van der Waals surface area contributed by atoms with Crippen molar-refractivity contribution in [1.82, 2.24) is 9.80 Å². The van der Waals surface area contributed by atoms with Crippen molar-refractivity contribution >= 4 is 5.91 Å². The lowest BCUT2D eigenvalue weighted by Crippen LogP contribution is -2.45. The third-order valence-electron chi connectivity index (χ3n) is 5.10. The Bertz CT molecular complexity index is 596. The molecule has 0 aliphatic carbocycles. The van der Waals surface area contributed by atoms with E-state index in [1.54, 1.807) is 13.2 Å². The van der Waals surface area contributed by atoms with Gasteiger partial charge >= 0.3 is 0 Å². The van der Waals surface area contributed by atoms with Crippen LogP contribution in [0.15, 0.2) is 18.2 Å². The van der Waals surface area contributed by atoms with Gasteiger partial charge in [-0.3, -0.25) is 9.69 Å². The fourth-order valence-corrected chi connectivity index (χ4v) is 3.81. The summed E-state index contributed by atoms with van der Waals surface area (Å²) in [5, 5.41) is 0. The lowest BCUT2D eigenvalue weighted by Gasteiger charge is -2.35. The zero-order chi connectivity index (χ0) is 17.1. The van der Waals surface area contributed by atoms with Gasteiger partial charge in [0.15, 0.2) is 11.6 Å². The quantitative estimate of drug-likeness (QED) is 0.825. The molecule has 0 radical (unpaired) electrons. The maximum absolute atomic E-state index is 13.9. The van der Waals surface area contributed by atoms with Gasteiger partial charge in [0.25, 0.3) is 5.91 Å². The lowest BCUT2D eigenvalue weighted by molar-refractivity contribution is 0.0717. The molecule has 0 aromatic heterocycles. The van der Waals surface area contributed by atoms with E-state index in [4.69, 9.17) is 9.47 Å². The molecule has 0 saturated carbocycles. The lowest BCUT2D eigenvalue weighted by atomic mass is 9.95. The van der Waals surface area contributed by atoms with Gasteiger partial charge in [-0.25, -0.2) is 4.39 Å². The summed E-state index contributed by atoms with van der Waals surface area (Å²) >= 11 is 0. The number of piperidine rings is 1. The van der Waals surface area contributed by atoms with Crippen molar-refractivity contribution in [3.05, 3.63) is 29.6 Å². The number of methoxy groups -OCH3 is 2. The van der Waals surface area contributed by atoms with Crippen LogP contribution in [0.1, 0.15) is 23.2 Å². The Balaban J connectivity index is 1.73. The molecular formula is C18H25FN2O3. The van der Waals surface area contributed by atoms with E-state index in [1.165, 1.54) is 19.2 Å². The number of halogens is 1. The van der Waals surface area contributed by atoms with Gasteiger partial charge in [-0.1, -0.05) is 0 Å². The van der Waals surface area contributed by atoms with E-state index < -0.39 is 5.82 Å². The number of ether oxygens (including phenoxy) is 2. The Kier molecular flexibility index (Phi) is 5.36. The highest BCUT2D eigenvalue weighted by Crippen LogP contribution is 2.29. The molecule has 0 N–H and O–H groups in total. The molecular weight excluding hydrogens is 311 g/mol. The van der Waals surface area contributed by atoms with Crippen LogP contribution in [0.3, 0.4) is 0 Å². The topological polar surface area (TPSA) is 42.0 Å². The Morgan fingerprint density at radius 1 is 1.25 bits per heavy atom. The number of nitrogens with zero attached hydrogens (tertiary/aromatic N) is 2. The fraction of sp³-hybridized carbons (Fsp3) is 0.611. The number of rotatable bonds is 5. The summed E-state index contributed by atoms with van der Waals surface area (Å²) in [7, 11) is 3.13. The van der Waals surface area contributed by atoms with E-state index in [0.717, 1.165) is 32.5 Å². The molecule has 5 nitrogen and oxygen atoms in total. The van der Waals surface area contributed by atoms with Crippen LogP contribution in [-0.4, -0.2) is 68.8 Å². The third kappa shape index (κ3) is 3.54. The first kappa shape index (κ1) is 17.2. The molecule has 3 aliphatic heterocycles. The van der Waals surface area contributed by atoms with Gasteiger partial charge < -0.3 is 14.4 Å². The maximum Gasteiger partial charge on any atom is 0.254 e. The molecule has 2 atom stereocenters. The highest BCUT2D eigenvalue weighted by molar-refractivity contribution is 5.94. The molecule has 0 unspecified atom stereocenters. The number of fused-ring (bicyclic) bond motifs is 4. The summed E-state index contributed by atoms with van der Waals surface area (Å²) in [5.41, 5.74) is 0.387. The second-order valence-electron chi connectivity index (χ2n) is 6.64. The molecule has 24 heavy (non-hydrogen) atoms. The van der Waals surface area contributed by atoms with Crippen LogP contribution >= 0.6 is 0 Å². The number of carbonyl (C=O) groups excluding carboxylic acids is 1. The summed E-state index contributed by atoms with van der Waals surface area (Å²) < 4.78 is 24.0. The average Bonchev–Trinajstić information content (AvgIpc) is 2.91. The Labute approximate surface area is 142 Å². The number of carbonyl (C=O) groups is 1. The van der Waals surface area contributed by atoms with E-state index in [-0.39, 0.29) is 11.7 Å². The molecule has 3 aliphatic rings. The van der Waals surface area contributed by atoms with Crippen LogP contribution < -0.4 is 4.74 Å². The second-order valence-corrected chi connectivity index (χ2v) is 6.64. The molecule has 3 fully saturated rings. The first-order valence-corrected chi connectivity index (χ1v) is 8.48. The highest BCUT2D eigenvalue weighted by Gasteiger charge is 2.36. The van der Waals surface area contributed by atoms with E-state index in [2.05, 4.69) is 4.90 Å². The summed E-state index contributed by atoms with van der Waals surface area (Å²) in [6.45, 7) is 4.06. The summed E-state index contributed by atoms with van der Waals surface area (Å²) in [5.74, 6) is 0.0470. The van der Waals surface area contributed by atoms with Crippen molar-refractivity contribution in [1.29, 1.82) is 0 Å². The van der Waals surface area contributed by atoms with Crippen molar-refractivity contribution in [2.45, 2.75) is 18.9 Å². The second kappa shape index (κ2) is 7.49. The SMILES string of the molecule is COCCN1C[C@@H]2CC[C@H]1CN(C(=O)c1ccc(OC)c(F)c1)C2. The van der Waals surface area contributed by atoms with Crippen molar-refractivity contribution < 1.29 is 18.7 Å². The van der Waals surface area contributed by atoms with Gasteiger partial charge in [0, 0.05) is 44.9 Å². The van der Waals surface area contributed by atoms with E-state index in [9.17, 15) is 9.18 Å². The van der Waals surface area contributed by atoms with E-state index >= 15 is 0 Å². The van der Waals surface area contributed by atoms with Crippen LogP contribution in [-0.2, 0) is 4.74 Å². The van der Waals surface area contributed by atoms with Crippen molar-refractivity contribution in [2.75, 3.05) is 47.0 Å². The minimum Gasteiger partial charge on any atom is -0.494 e. The minimum atomic E-state index is -0.497. The number of amides is 1.